The lowest BCUT2D eigenvalue weighted by Crippen LogP contribution is -2.14. The number of hydrogen-bond donors (Lipinski definition) is 1. The second kappa shape index (κ2) is 6.84. The molecule has 0 aliphatic rings. The van der Waals surface area contributed by atoms with Gasteiger partial charge in [0, 0.05) is 24.0 Å². The molecule has 2 aromatic rings. The van der Waals surface area contributed by atoms with E-state index >= 15 is 0 Å². The molecule has 100 valence electrons. The van der Waals surface area contributed by atoms with Gasteiger partial charge in [-0.25, -0.2) is 4.79 Å². The molecule has 0 amide bonds. The normalized spacial score (nSPS) is 11.5. The number of pyridine rings is 1. The van der Waals surface area contributed by atoms with Crippen LogP contribution in [0.1, 0.15) is 11.1 Å². The number of hydrogen-bond acceptors (Lipinski definition) is 4. The minimum atomic E-state index is -0.597. The van der Waals surface area contributed by atoms with E-state index in [1.54, 1.807) is 24.4 Å². The summed E-state index contributed by atoms with van der Waals surface area (Å²) in [4.78, 5) is 20.0. The molecule has 1 aromatic carbocycles. The molecule has 2 rings (SSSR count). The molecule has 1 aromatic heterocycles. The van der Waals surface area contributed by atoms with Gasteiger partial charge < -0.3 is 10.6 Å². The highest BCUT2D eigenvalue weighted by atomic mass is 16.7. The second-order valence-corrected chi connectivity index (χ2v) is 3.87. The number of amidine groups is 1. The van der Waals surface area contributed by atoms with Crippen molar-refractivity contribution in [2.24, 2.45) is 10.9 Å². The van der Waals surface area contributed by atoms with E-state index < -0.39 is 5.97 Å². The van der Waals surface area contributed by atoms with Crippen LogP contribution in [0.5, 0.6) is 0 Å². The Bertz CT molecular complexity index is 622. The summed E-state index contributed by atoms with van der Waals surface area (Å²) in [6.45, 7) is 0. The number of nitrogens with zero attached hydrogens (tertiary/aromatic N) is 2. The maximum Gasteiger partial charge on any atom is 0.358 e. The molecular formula is C15H13N3O2. The molecule has 5 heteroatoms. The molecule has 0 spiro atoms. The van der Waals surface area contributed by atoms with Crippen molar-refractivity contribution >= 4 is 17.9 Å². The van der Waals surface area contributed by atoms with Gasteiger partial charge in [-0.05, 0) is 23.8 Å². The van der Waals surface area contributed by atoms with Crippen LogP contribution in [0.15, 0.2) is 66.1 Å². The summed E-state index contributed by atoms with van der Waals surface area (Å²) in [5, 5.41) is 3.56. The highest BCUT2D eigenvalue weighted by molar-refractivity contribution is 5.97. The van der Waals surface area contributed by atoms with Crippen molar-refractivity contribution < 1.29 is 9.63 Å². The first kappa shape index (κ1) is 13.5. The van der Waals surface area contributed by atoms with E-state index in [2.05, 4.69) is 15.0 Å². The lowest BCUT2D eigenvalue weighted by atomic mass is 10.2. The van der Waals surface area contributed by atoms with Crippen molar-refractivity contribution in [1.29, 1.82) is 0 Å². The fraction of sp³-hybridized carbons (Fsp3) is 0. The van der Waals surface area contributed by atoms with Gasteiger partial charge in [-0.2, -0.15) is 0 Å². The topological polar surface area (TPSA) is 77.6 Å². The van der Waals surface area contributed by atoms with E-state index in [0.717, 1.165) is 5.56 Å². The maximum atomic E-state index is 11.5. The quantitative estimate of drug-likeness (QED) is 0.302. The first-order valence-corrected chi connectivity index (χ1v) is 5.93. The lowest BCUT2D eigenvalue weighted by Gasteiger charge is -1.98. The van der Waals surface area contributed by atoms with Crippen molar-refractivity contribution in [2.75, 3.05) is 0 Å². The molecule has 5 nitrogen and oxygen atoms in total. The predicted molar refractivity (Wildman–Crippen MR) is 76.5 cm³/mol. The highest BCUT2D eigenvalue weighted by Gasteiger charge is 2.00. The zero-order chi connectivity index (χ0) is 14.2. The zero-order valence-corrected chi connectivity index (χ0v) is 10.6. The Morgan fingerprint density at radius 1 is 1.20 bits per heavy atom. The van der Waals surface area contributed by atoms with Crippen LogP contribution in [0.2, 0.25) is 0 Å². The van der Waals surface area contributed by atoms with Gasteiger partial charge in [0.2, 0.25) is 0 Å². The summed E-state index contributed by atoms with van der Waals surface area (Å²) in [7, 11) is 0. The summed E-state index contributed by atoms with van der Waals surface area (Å²) in [6, 6.07) is 12.8. The van der Waals surface area contributed by atoms with Crippen molar-refractivity contribution in [2.45, 2.75) is 0 Å². The maximum absolute atomic E-state index is 11.5. The summed E-state index contributed by atoms with van der Waals surface area (Å²) in [6.07, 6.45) is 6.07. The first-order valence-electron chi connectivity index (χ1n) is 5.93. The molecule has 0 aliphatic carbocycles. The van der Waals surface area contributed by atoms with E-state index in [9.17, 15) is 4.79 Å². The third-order valence-corrected chi connectivity index (χ3v) is 2.40. The van der Waals surface area contributed by atoms with Gasteiger partial charge >= 0.3 is 5.97 Å². The van der Waals surface area contributed by atoms with Crippen molar-refractivity contribution in [3.63, 3.8) is 0 Å². The van der Waals surface area contributed by atoms with Crippen LogP contribution < -0.4 is 5.73 Å². The average Bonchev–Trinajstić information content (AvgIpc) is 2.52. The fourth-order valence-electron chi connectivity index (χ4n) is 1.42. The fourth-order valence-corrected chi connectivity index (χ4v) is 1.42. The standard InChI is InChI=1S/C15H13N3O2/c16-15(13-7-4-10-17-11-13)18-20-14(19)9-8-12-5-2-1-3-6-12/h1-11H,(H2,16,18). The van der Waals surface area contributed by atoms with Crippen LogP contribution in [0.25, 0.3) is 6.08 Å². The van der Waals surface area contributed by atoms with E-state index in [4.69, 9.17) is 5.73 Å². The van der Waals surface area contributed by atoms with Gasteiger partial charge in [0.15, 0.2) is 5.84 Å². The van der Waals surface area contributed by atoms with E-state index in [1.165, 1.54) is 12.3 Å². The number of nitrogens with two attached hydrogens (primary N) is 1. The minimum absolute atomic E-state index is 0.0968. The second-order valence-electron chi connectivity index (χ2n) is 3.87. The van der Waals surface area contributed by atoms with Crippen molar-refractivity contribution in [1.82, 2.24) is 4.98 Å². The SMILES string of the molecule is N/C(=N\OC(=O)C=Cc1ccccc1)c1cccnc1. The third kappa shape index (κ3) is 4.06. The predicted octanol–water partition coefficient (Wildman–Crippen LogP) is 1.96. The number of aromatic nitrogens is 1. The van der Waals surface area contributed by atoms with Gasteiger partial charge in [0.05, 0.1) is 0 Å². The van der Waals surface area contributed by atoms with Crippen molar-refractivity contribution in [3.8, 4) is 0 Å². The Balaban J connectivity index is 1.94. The summed E-state index contributed by atoms with van der Waals surface area (Å²) < 4.78 is 0. The Kier molecular flexibility index (Phi) is 4.61. The van der Waals surface area contributed by atoms with Crippen molar-refractivity contribution in [3.05, 3.63) is 72.1 Å². The first-order chi connectivity index (χ1) is 9.75. The Labute approximate surface area is 116 Å². The third-order valence-electron chi connectivity index (χ3n) is 2.40. The summed E-state index contributed by atoms with van der Waals surface area (Å²) in [5.41, 5.74) is 7.15. The molecule has 0 aliphatic heterocycles. The van der Waals surface area contributed by atoms with E-state index in [-0.39, 0.29) is 5.84 Å². The largest absolute Gasteiger partial charge is 0.380 e. The van der Waals surface area contributed by atoms with Gasteiger partial charge in [-0.15, -0.1) is 0 Å². The van der Waals surface area contributed by atoms with Crippen LogP contribution in [-0.4, -0.2) is 16.8 Å². The summed E-state index contributed by atoms with van der Waals surface area (Å²) in [5.74, 6) is -0.500. The van der Waals surface area contributed by atoms with Crippen LogP contribution in [-0.2, 0) is 9.63 Å². The van der Waals surface area contributed by atoms with Crippen LogP contribution in [0.4, 0.5) is 0 Å². The molecule has 0 saturated carbocycles. The molecule has 20 heavy (non-hydrogen) atoms. The molecular weight excluding hydrogens is 254 g/mol. The smallest absolute Gasteiger partial charge is 0.358 e. The molecule has 0 unspecified atom stereocenters. The monoisotopic (exact) mass is 267 g/mol. The molecule has 0 bridgehead atoms. The Hall–Kier alpha value is -2.95. The zero-order valence-electron chi connectivity index (χ0n) is 10.6. The Morgan fingerprint density at radius 2 is 2.00 bits per heavy atom. The van der Waals surface area contributed by atoms with Gasteiger partial charge in [0.25, 0.3) is 0 Å². The van der Waals surface area contributed by atoms with E-state index in [1.807, 2.05) is 30.3 Å². The van der Waals surface area contributed by atoms with Gasteiger partial charge in [-0.3, -0.25) is 4.98 Å². The molecule has 1 heterocycles. The van der Waals surface area contributed by atoms with Crippen LogP contribution in [0.3, 0.4) is 0 Å². The summed E-state index contributed by atoms with van der Waals surface area (Å²) >= 11 is 0. The average molecular weight is 267 g/mol. The number of rotatable bonds is 4. The van der Waals surface area contributed by atoms with E-state index in [0.29, 0.717) is 5.56 Å². The minimum Gasteiger partial charge on any atom is -0.380 e. The van der Waals surface area contributed by atoms with Crippen LogP contribution in [0, 0.1) is 0 Å². The Morgan fingerprint density at radius 3 is 2.70 bits per heavy atom. The van der Waals surface area contributed by atoms with Crippen LogP contribution >= 0.6 is 0 Å². The molecule has 2 N–H and O–H groups in total. The number of oxime groups is 1. The lowest BCUT2D eigenvalue weighted by molar-refractivity contribution is -0.137. The highest BCUT2D eigenvalue weighted by Crippen LogP contribution is 2.01. The molecule has 0 atom stereocenters. The number of carbonyl (C=O) groups excluding carboxylic acids is 1. The van der Waals surface area contributed by atoms with Gasteiger partial charge in [0.1, 0.15) is 0 Å². The number of carbonyl (C=O) groups is 1. The molecule has 0 saturated heterocycles. The van der Waals surface area contributed by atoms with Gasteiger partial charge in [-0.1, -0.05) is 35.5 Å². The molecule has 0 radical (unpaired) electrons. The molecule has 0 fully saturated rings. The number of benzene rings is 1.